The van der Waals surface area contributed by atoms with Crippen LogP contribution >= 0.6 is 0 Å². The van der Waals surface area contributed by atoms with Crippen molar-refractivity contribution < 1.29 is 12.6 Å². The van der Waals surface area contributed by atoms with Crippen LogP contribution in [0.2, 0.25) is 0 Å². The van der Waals surface area contributed by atoms with Gasteiger partial charge in [-0.05, 0) is 18.9 Å². The van der Waals surface area contributed by atoms with Crippen molar-refractivity contribution in [2.45, 2.75) is 6.85 Å². The highest BCUT2D eigenvalue weighted by molar-refractivity contribution is 4.93. The van der Waals surface area contributed by atoms with Crippen LogP contribution in [0.1, 0.15) is 14.0 Å². The third kappa shape index (κ3) is 0.432. The van der Waals surface area contributed by atoms with Crippen molar-refractivity contribution in [3.05, 3.63) is 24.1 Å². The lowest BCUT2D eigenvalue weighted by atomic mass is 10.5. The minimum atomic E-state index is -2.55. The number of aryl methyl sites for hydroxylation is 1. The Morgan fingerprint density at radius 1 is 2.17 bits per heavy atom. The smallest absolute Gasteiger partial charge is 0.104 e. The van der Waals surface area contributed by atoms with Crippen LogP contribution in [0, 0.1) is 6.85 Å². The summed E-state index contributed by atoms with van der Waals surface area (Å²) in [7, 11) is 0. The molecule has 1 nitrogen and oxygen atoms in total. The van der Waals surface area contributed by atoms with Crippen LogP contribution < -0.4 is 0 Å². The molecule has 1 aromatic heterocycles. The maximum Gasteiger partial charge on any atom is 0.104 e. The first-order valence-corrected chi connectivity index (χ1v) is 1.41. The molecule has 0 N–H and O–H groups in total. The van der Waals surface area contributed by atoms with Crippen molar-refractivity contribution in [1.29, 1.82) is 0 Å². The molecular formula is C5H6O. The Bertz CT molecular complexity index is 298. The van der Waals surface area contributed by atoms with Crippen LogP contribution in [0.3, 0.4) is 0 Å². The van der Waals surface area contributed by atoms with Gasteiger partial charge in [-0.3, -0.25) is 0 Å². The summed E-state index contributed by atoms with van der Waals surface area (Å²) in [5, 5.41) is 0. The fourth-order valence-electron chi connectivity index (χ4n) is 0.184. The molecule has 1 aromatic rings. The topological polar surface area (TPSA) is 13.1 Å². The number of furan rings is 1. The lowest BCUT2D eigenvalue weighted by Crippen LogP contribution is -1.48. The molecule has 1 rings (SSSR count). The van der Waals surface area contributed by atoms with Crippen LogP contribution in [0.5, 0.6) is 0 Å². The van der Waals surface area contributed by atoms with Gasteiger partial charge in [0, 0.05) is 4.11 Å². The van der Waals surface area contributed by atoms with Gasteiger partial charge in [0.05, 0.1) is 8.98 Å². The molecule has 6 heavy (non-hydrogen) atoms. The Balaban J connectivity index is 3.28. The van der Waals surface area contributed by atoms with Gasteiger partial charge in [-0.25, -0.2) is 0 Å². The molecule has 0 aliphatic carbocycles. The summed E-state index contributed by atoms with van der Waals surface area (Å²) >= 11 is 0. The van der Waals surface area contributed by atoms with Gasteiger partial charge in [-0.1, -0.05) is 0 Å². The molecule has 0 saturated heterocycles. The van der Waals surface area contributed by atoms with E-state index in [-0.39, 0.29) is 0 Å². The van der Waals surface area contributed by atoms with E-state index in [0.717, 1.165) is 0 Å². The molecule has 0 spiro atoms. The van der Waals surface area contributed by atoms with E-state index in [9.17, 15) is 0 Å². The fraction of sp³-hybridized carbons (Fsp3) is 0.200. The highest BCUT2D eigenvalue weighted by atomic mass is 16.3. The van der Waals surface area contributed by atoms with E-state index in [1.807, 2.05) is 0 Å². The second kappa shape index (κ2) is 1.17. The zero-order valence-corrected chi connectivity index (χ0v) is 2.91. The first-order chi connectivity index (χ1) is 5.34. The van der Waals surface area contributed by atoms with Gasteiger partial charge in [-0.2, -0.15) is 0 Å². The zero-order valence-electron chi connectivity index (χ0n) is 8.91. The lowest BCUT2D eigenvalue weighted by molar-refractivity contribution is 0.534. The molecule has 0 aliphatic rings. The Hall–Kier alpha value is -0.720. The average Bonchev–Trinajstić information content (AvgIpc) is 2.15. The molecule has 0 amide bonds. The summed E-state index contributed by atoms with van der Waals surface area (Å²) in [6, 6.07) is -1.01. The van der Waals surface area contributed by atoms with Gasteiger partial charge in [0.25, 0.3) is 0 Å². The van der Waals surface area contributed by atoms with Crippen molar-refractivity contribution in [2.24, 2.45) is 0 Å². The molecule has 0 aliphatic heterocycles. The predicted molar refractivity (Wildman–Crippen MR) is 23.4 cm³/mol. The average molecular weight is 88.1 g/mol. The summed E-state index contributed by atoms with van der Waals surface area (Å²) in [6.45, 7) is -2.55. The van der Waals surface area contributed by atoms with Crippen LogP contribution in [-0.4, -0.2) is 0 Å². The zero-order chi connectivity index (χ0) is 9.52. The van der Waals surface area contributed by atoms with Crippen LogP contribution in [0.4, 0.5) is 0 Å². The summed E-state index contributed by atoms with van der Waals surface area (Å²) in [5.41, 5.74) is 0. The van der Waals surface area contributed by atoms with Gasteiger partial charge in [0.15, 0.2) is 0 Å². The molecular weight excluding hydrogens is 76.1 g/mol. The van der Waals surface area contributed by atoms with Gasteiger partial charge in [0.2, 0.25) is 0 Å². The van der Waals surface area contributed by atoms with E-state index in [4.69, 9.17) is 8.22 Å². The second-order valence-corrected chi connectivity index (χ2v) is 0.783. The molecule has 1 heteroatoms. The monoisotopic (exact) mass is 88.1 g/mol. The summed E-state index contributed by atoms with van der Waals surface area (Å²) in [4.78, 5) is 0. The molecule has 0 unspecified atom stereocenters. The third-order valence-corrected chi connectivity index (χ3v) is 0.380. The van der Waals surface area contributed by atoms with Gasteiger partial charge < -0.3 is 4.42 Å². The van der Waals surface area contributed by atoms with Crippen molar-refractivity contribution >= 4 is 0 Å². The Kier molecular flexibility index (Phi) is 0.148. The lowest BCUT2D eigenvalue weighted by Gasteiger charge is -1.69. The number of hydrogen-bond acceptors (Lipinski definition) is 1. The normalized spacial score (nSPS) is 25.3. The van der Waals surface area contributed by atoms with Crippen LogP contribution in [0.15, 0.2) is 22.7 Å². The summed E-state index contributed by atoms with van der Waals surface area (Å²) in [6.07, 6.45) is -0.578. The molecule has 1 heterocycles. The molecule has 32 valence electrons. The molecule has 0 bridgehead atoms. The summed E-state index contributed by atoms with van der Waals surface area (Å²) < 4.78 is 46.1. The Morgan fingerprint density at radius 2 is 3.17 bits per heavy atom. The van der Waals surface area contributed by atoms with Crippen molar-refractivity contribution in [3.8, 4) is 0 Å². The SMILES string of the molecule is [2H]c1oc(C([2H])([2H])[2H])c([2H])c1[2H]. The minimum absolute atomic E-state index is 0.485. The molecule has 0 fully saturated rings. The van der Waals surface area contributed by atoms with Gasteiger partial charge >= 0.3 is 0 Å². The van der Waals surface area contributed by atoms with E-state index in [1.54, 1.807) is 0 Å². The highest BCUT2D eigenvalue weighted by Crippen LogP contribution is 1.93. The molecule has 0 atom stereocenters. The Labute approximate surface area is 45.0 Å². The van der Waals surface area contributed by atoms with Gasteiger partial charge in [-0.15, -0.1) is 0 Å². The van der Waals surface area contributed by atoms with Crippen molar-refractivity contribution in [1.82, 2.24) is 0 Å². The van der Waals surface area contributed by atoms with E-state index < -0.39 is 30.9 Å². The number of hydrogen-bond donors (Lipinski definition) is 0. The second-order valence-electron chi connectivity index (χ2n) is 0.783. The Morgan fingerprint density at radius 3 is 3.50 bits per heavy atom. The van der Waals surface area contributed by atoms with Crippen LogP contribution in [0.25, 0.3) is 0 Å². The van der Waals surface area contributed by atoms with E-state index in [2.05, 4.69) is 4.42 Å². The molecule has 0 saturated carbocycles. The quantitative estimate of drug-likeness (QED) is 0.469. The standard InChI is InChI=1S/C5H6O/c1-5-3-2-4-6-5/h2-4H,1H3/i1D3,2D,3D,4D. The van der Waals surface area contributed by atoms with E-state index in [0.29, 0.717) is 0 Å². The first kappa shape index (κ1) is 0.760. The van der Waals surface area contributed by atoms with E-state index >= 15 is 0 Å². The fourth-order valence-corrected chi connectivity index (χ4v) is 0.184. The van der Waals surface area contributed by atoms with E-state index in [1.165, 1.54) is 0 Å². The predicted octanol–water partition coefficient (Wildman–Crippen LogP) is 1.59. The van der Waals surface area contributed by atoms with Crippen LogP contribution in [-0.2, 0) is 0 Å². The maximum absolute atomic E-state index is 7.11. The molecule has 0 radical (unpaired) electrons. The number of rotatable bonds is 0. The first-order valence-electron chi connectivity index (χ1n) is 4.41. The maximum atomic E-state index is 7.11. The van der Waals surface area contributed by atoms with Gasteiger partial charge in [0.1, 0.15) is 7.13 Å². The highest BCUT2D eigenvalue weighted by Gasteiger charge is 1.75. The molecule has 0 aromatic carbocycles. The van der Waals surface area contributed by atoms with Crippen molar-refractivity contribution in [2.75, 3.05) is 0 Å². The summed E-state index contributed by atoms with van der Waals surface area (Å²) in [5.74, 6) is -0.586. The minimum Gasteiger partial charge on any atom is -0.470 e. The third-order valence-electron chi connectivity index (χ3n) is 0.380. The van der Waals surface area contributed by atoms with Crippen molar-refractivity contribution in [3.63, 3.8) is 0 Å². The largest absolute Gasteiger partial charge is 0.470 e.